The zero-order chi connectivity index (χ0) is 12.7. The topological polar surface area (TPSA) is 76.2 Å². The number of hydrogen-bond donors (Lipinski definition) is 1. The van der Waals surface area contributed by atoms with Crippen molar-refractivity contribution in [3.8, 4) is 0 Å². The molecular formula is C11H8ClNO4. The van der Waals surface area contributed by atoms with Crippen LogP contribution in [0, 0.1) is 0 Å². The Bertz CT molecular complexity index is 583. The van der Waals surface area contributed by atoms with Crippen molar-refractivity contribution in [1.82, 2.24) is 4.98 Å². The van der Waals surface area contributed by atoms with Crippen molar-refractivity contribution in [3.05, 3.63) is 33.3 Å². The third-order valence-electron chi connectivity index (χ3n) is 2.65. The van der Waals surface area contributed by atoms with E-state index >= 15 is 0 Å². The first kappa shape index (κ1) is 11.6. The molecule has 6 heteroatoms. The van der Waals surface area contributed by atoms with Crippen LogP contribution in [0.2, 0.25) is 5.15 Å². The molecule has 88 valence electrons. The van der Waals surface area contributed by atoms with Gasteiger partial charge in [0, 0.05) is 5.57 Å². The van der Waals surface area contributed by atoms with E-state index in [0.29, 0.717) is 6.29 Å². The molecule has 0 aromatic carbocycles. The Labute approximate surface area is 101 Å². The van der Waals surface area contributed by atoms with Gasteiger partial charge in [-0.3, -0.25) is 14.4 Å². The number of rotatable bonds is 2. The lowest BCUT2D eigenvalue weighted by Crippen LogP contribution is -2.22. The fraction of sp³-hybridized carbons (Fsp3) is 0.182. The predicted molar refractivity (Wildman–Crippen MR) is 59.6 cm³/mol. The van der Waals surface area contributed by atoms with Gasteiger partial charge in [-0.1, -0.05) is 11.6 Å². The van der Waals surface area contributed by atoms with Crippen LogP contribution in [0.4, 0.5) is 0 Å². The van der Waals surface area contributed by atoms with Gasteiger partial charge in [0.05, 0.1) is 23.9 Å². The number of ketones is 2. The van der Waals surface area contributed by atoms with E-state index in [1.54, 1.807) is 0 Å². The summed E-state index contributed by atoms with van der Waals surface area (Å²) in [5.74, 6) is -0.961. The smallest absolute Gasteiger partial charge is 0.231 e. The van der Waals surface area contributed by atoms with E-state index in [9.17, 15) is 14.4 Å². The van der Waals surface area contributed by atoms with Crippen LogP contribution in [-0.4, -0.2) is 29.9 Å². The van der Waals surface area contributed by atoms with Gasteiger partial charge in [0.25, 0.3) is 0 Å². The van der Waals surface area contributed by atoms with Gasteiger partial charge in [-0.2, -0.15) is 0 Å². The molecule has 1 aromatic rings. The van der Waals surface area contributed by atoms with Crippen molar-refractivity contribution in [2.45, 2.75) is 6.92 Å². The number of carbonyl (C=O) groups is 3. The molecule has 1 aliphatic rings. The average Bonchev–Trinajstić information content (AvgIpc) is 2.64. The largest absolute Gasteiger partial charge is 0.492 e. The Hall–Kier alpha value is -1.88. The summed E-state index contributed by atoms with van der Waals surface area (Å²) in [6.45, 7) is 1.48. The number of hydrogen-bond acceptors (Lipinski definition) is 4. The molecule has 0 saturated heterocycles. The van der Waals surface area contributed by atoms with E-state index in [2.05, 4.69) is 4.98 Å². The third-order valence-corrected chi connectivity index (χ3v) is 2.95. The summed E-state index contributed by atoms with van der Waals surface area (Å²) in [7, 11) is 1.30. The van der Waals surface area contributed by atoms with Crippen LogP contribution in [0.3, 0.4) is 0 Å². The number of H-pyrrole nitrogens is 1. The van der Waals surface area contributed by atoms with E-state index in [-0.39, 0.29) is 33.3 Å². The molecular weight excluding hydrogens is 246 g/mol. The molecule has 0 saturated carbocycles. The fourth-order valence-corrected chi connectivity index (χ4v) is 2.05. The summed E-state index contributed by atoms with van der Waals surface area (Å²) in [5.41, 5.74) is 0.209. The quantitative estimate of drug-likeness (QED) is 0.815. The van der Waals surface area contributed by atoms with Crippen LogP contribution in [0.15, 0.2) is 11.3 Å². The Balaban J connectivity index is 2.77. The standard InChI is InChI=1S/C11H8ClNO4/c1-4-8(15)7-6(9(16)10(4)17-2)5(3-14)11(12)13-7/h3,13H,1-2H3. The Morgan fingerprint density at radius 2 is 1.94 bits per heavy atom. The Morgan fingerprint density at radius 1 is 1.29 bits per heavy atom. The van der Waals surface area contributed by atoms with Crippen LogP contribution in [-0.2, 0) is 4.74 Å². The minimum Gasteiger partial charge on any atom is -0.492 e. The maximum atomic E-state index is 12.0. The van der Waals surface area contributed by atoms with Gasteiger partial charge in [-0.15, -0.1) is 0 Å². The van der Waals surface area contributed by atoms with E-state index in [0.717, 1.165) is 0 Å². The lowest BCUT2D eigenvalue weighted by Gasteiger charge is -2.14. The SMILES string of the molecule is COC1=C(C)C(=O)c2[nH]c(Cl)c(C=O)c2C1=O. The second-order valence-corrected chi connectivity index (χ2v) is 3.91. The molecule has 0 amide bonds. The third kappa shape index (κ3) is 1.43. The minimum absolute atomic E-state index is 0.0120. The molecule has 5 nitrogen and oxygen atoms in total. The van der Waals surface area contributed by atoms with Gasteiger partial charge in [0.1, 0.15) is 5.15 Å². The summed E-state index contributed by atoms with van der Waals surface area (Å²) < 4.78 is 4.89. The maximum absolute atomic E-state index is 12.0. The summed E-state index contributed by atoms with van der Waals surface area (Å²) >= 11 is 5.75. The lowest BCUT2D eigenvalue weighted by molar-refractivity contribution is 0.0902. The molecule has 0 spiro atoms. The number of nitrogens with one attached hydrogen (secondary N) is 1. The molecule has 0 fully saturated rings. The average molecular weight is 254 g/mol. The summed E-state index contributed by atoms with van der Waals surface area (Å²) in [6.07, 6.45) is 0.441. The predicted octanol–water partition coefficient (Wildman–Crippen LogP) is 1.78. The van der Waals surface area contributed by atoms with Crippen molar-refractivity contribution < 1.29 is 19.1 Å². The van der Waals surface area contributed by atoms with Gasteiger partial charge in [0.15, 0.2) is 12.0 Å². The molecule has 0 unspecified atom stereocenters. The first-order chi connectivity index (χ1) is 8.02. The molecule has 17 heavy (non-hydrogen) atoms. The van der Waals surface area contributed by atoms with Crippen LogP contribution in [0.25, 0.3) is 0 Å². The number of methoxy groups -OCH3 is 1. The van der Waals surface area contributed by atoms with Crippen LogP contribution >= 0.6 is 11.6 Å². The van der Waals surface area contributed by atoms with Gasteiger partial charge >= 0.3 is 0 Å². The number of ether oxygens (including phenoxy) is 1. The molecule has 1 heterocycles. The van der Waals surface area contributed by atoms with Gasteiger partial charge < -0.3 is 9.72 Å². The fourth-order valence-electron chi connectivity index (χ4n) is 1.82. The van der Waals surface area contributed by atoms with E-state index in [1.165, 1.54) is 14.0 Å². The van der Waals surface area contributed by atoms with E-state index < -0.39 is 11.6 Å². The normalized spacial score (nSPS) is 15.0. The molecule has 0 bridgehead atoms. The second-order valence-electron chi connectivity index (χ2n) is 3.54. The number of aldehydes is 1. The molecule has 1 aliphatic carbocycles. The highest BCUT2D eigenvalue weighted by Crippen LogP contribution is 2.31. The number of halogens is 1. The van der Waals surface area contributed by atoms with E-state index in [1.807, 2.05) is 0 Å². The zero-order valence-corrected chi connectivity index (χ0v) is 9.84. The van der Waals surface area contributed by atoms with Gasteiger partial charge in [-0.05, 0) is 6.92 Å². The number of fused-ring (bicyclic) bond motifs is 1. The molecule has 0 radical (unpaired) electrons. The monoisotopic (exact) mass is 253 g/mol. The highest BCUT2D eigenvalue weighted by molar-refractivity contribution is 6.36. The zero-order valence-electron chi connectivity index (χ0n) is 9.09. The Morgan fingerprint density at radius 3 is 2.47 bits per heavy atom. The number of allylic oxidation sites excluding steroid dienone is 2. The number of carbonyl (C=O) groups excluding carboxylic acids is 3. The van der Waals surface area contributed by atoms with Crippen molar-refractivity contribution in [1.29, 1.82) is 0 Å². The molecule has 1 N–H and O–H groups in total. The minimum atomic E-state index is -0.509. The first-order valence-electron chi connectivity index (χ1n) is 4.73. The van der Waals surface area contributed by atoms with Crippen LogP contribution in [0.5, 0.6) is 0 Å². The van der Waals surface area contributed by atoms with Crippen molar-refractivity contribution in [2.75, 3.05) is 7.11 Å². The number of Topliss-reactive ketones (excluding diaryl/α,β-unsaturated/α-hetero) is 2. The van der Waals surface area contributed by atoms with Crippen LogP contribution < -0.4 is 0 Å². The second kappa shape index (κ2) is 3.85. The van der Waals surface area contributed by atoms with Gasteiger partial charge in [0.2, 0.25) is 11.6 Å². The van der Waals surface area contributed by atoms with Crippen molar-refractivity contribution in [2.24, 2.45) is 0 Å². The van der Waals surface area contributed by atoms with E-state index in [4.69, 9.17) is 16.3 Å². The summed E-state index contributed by atoms with van der Waals surface area (Å²) in [6, 6.07) is 0. The lowest BCUT2D eigenvalue weighted by atomic mass is 9.92. The highest BCUT2D eigenvalue weighted by atomic mass is 35.5. The maximum Gasteiger partial charge on any atom is 0.231 e. The molecule has 2 rings (SSSR count). The Kier molecular flexibility index (Phi) is 2.63. The first-order valence-corrected chi connectivity index (χ1v) is 5.11. The molecule has 1 aromatic heterocycles. The molecule has 0 atom stereocenters. The number of aromatic nitrogens is 1. The van der Waals surface area contributed by atoms with Crippen molar-refractivity contribution in [3.63, 3.8) is 0 Å². The van der Waals surface area contributed by atoms with Crippen LogP contribution in [0.1, 0.15) is 38.1 Å². The highest BCUT2D eigenvalue weighted by Gasteiger charge is 2.35. The number of aromatic amines is 1. The summed E-state index contributed by atoms with van der Waals surface area (Å²) in [4.78, 5) is 37.4. The van der Waals surface area contributed by atoms with Gasteiger partial charge in [-0.25, -0.2) is 0 Å². The molecule has 0 aliphatic heterocycles. The summed E-state index contributed by atoms with van der Waals surface area (Å²) in [5, 5.41) is -0.0168. The van der Waals surface area contributed by atoms with Crippen molar-refractivity contribution >= 4 is 29.5 Å².